The number of aliphatic hydroxyl groups excluding tert-OH is 2. The van der Waals surface area contributed by atoms with E-state index >= 15 is 0 Å². The third-order valence-corrected chi connectivity index (χ3v) is 12.3. The second-order valence-electron chi connectivity index (χ2n) is 18.6. The smallest absolute Gasteiger partial charge is 0.306 e. The van der Waals surface area contributed by atoms with E-state index in [9.17, 15) is 19.8 Å². The summed E-state index contributed by atoms with van der Waals surface area (Å²) in [6.45, 7) is 6.43. The summed E-state index contributed by atoms with van der Waals surface area (Å²) >= 11 is 0. The molecule has 0 radical (unpaired) electrons. The Kier molecular flexibility index (Phi) is 49.6. The van der Waals surface area contributed by atoms with Crippen LogP contribution in [0.1, 0.15) is 271 Å². The minimum absolute atomic E-state index is 0.0000397. The lowest BCUT2D eigenvalue weighted by Gasteiger charge is -2.24. The number of carbonyl (C=O) groups excluding carboxylic acids is 2. The van der Waals surface area contributed by atoms with E-state index in [1.807, 2.05) is 6.08 Å². The lowest BCUT2D eigenvalue weighted by molar-refractivity contribution is -0.150. The lowest BCUT2D eigenvalue weighted by Crippen LogP contribution is -2.46. The summed E-state index contributed by atoms with van der Waals surface area (Å²) in [6.07, 6.45) is 64.4. The molecule has 0 aliphatic carbocycles. The minimum atomic E-state index is -0.812. The lowest BCUT2D eigenvalue weighted by atomic mass is 10.0. The number of amides is 1. The normalized spacial score (nSPS) is 13.6. The van der Waals surface area contributed by atoms with Gasteiger partial charge in [-0.3, -0.25) is 9.59 Å². The molecule has 0 aliphatic rings. The Balaban J connectivity index is 4.68. The van der Waals surface area contributed by atoms with Crippen molar-refractivity contribution in [2.45, 2.75) is 289 Å². The molecule has 0 aliphatic heterocycles. The first kappa shape index (κ1) is 61.6. The number of hydrogen-bond donors (Lipinski definition) is 3. The molecule has 0 bridgehead atoms. The van der Waals surface area contributed by atoms with Crippen molar-refractivity contribution in [1.82, 2.24) is 5.32 Å². The summed E-state index contributed by atoms with van der Waals surface area (Å²) in [4.78, 5) is 26.2. The van der Waals surface area contributed by atoms with Gasteiger partial charge in [-0.15, -0.1) is 0 Å². The SMILES string of the molecule is CCCCC/C=C\C/C=C\C/C=C\C/C=C\CC(CC(=O)NC(CO)C(O)CCCCCCCCCCCCCCC)OC(=O)CCCCCCCCC/C=C/CCCCCCCC. The molecule has 3 N–H and O–H groups in total. The van der Waals surface area contributed by atoms with Crippen LogP contribution in [0.5, 0.6) is 0 Å². The number of rotatable bonds is 49. The molecule has 0 aromatic heterocycles. The largest absolute Gasteiger partial charge is 0.461 e. The van der Waals surface area contributed by atoms with Gasteiger partial charge in [0.1, 0.15) is 6.10 Å². The van der Waals surface area contributed by atoms with Crippen molar-refractivity contribution in [1.29, 1.82) is 0 Å². The highest BCUT2D eigenvalue weighted by molar-refractivity contribution is 5.77. The second kappa shape index (κ2) is 51.5. The molecular weight excluding hydrogens is 791 g/mol. The molecule has 372 valence electrons. The van der Waals surface area contributed by atoms with E-state index in [4.69, 9.17) is 4.74 Å². The van der Waals surface area contributed by atoms with Gasteiger partial charge in [-0.2, -0.15) is 0 Å². The zero-order valence-electron chi connectivity index (χ0n) is 42.4. The van der Waals surface area contributed by atoms with Crippen LogP contribution in [0.3, 0.4) is 0 Å². The van der Waals surface area contributed by atoms with E-state index in [0.717, 1.165) is 57.8 Å². The Morgan fingerprint density at radius 3 is 1.30 bits per heavy atom. The van der Waals surface area contributed by atoms with Crippen molar-refractivity contribution in [3.05, 3.63) is 60.8 Å². The van der Waals surface area contributed by atoms with Crippen molar-refractivity contribution >= 4 is 11.9 Å². The summed E-state index contributed by atoms with van der Waals surface area (Å²) in [5.74, 6) is -0.576. The van der Waals surface area contributed by atoms with Gasteiger partial charge in [0.05, 0.1) is 25.2 Å². The van der Waals surface area contributed by atoms with Crippen LogP contribution >= 0.6 is 0 Å². The van der Waals surface area contributed by atoms with Crippen molar-refractivity contribution < 1.29 is 24.5 Å². The van der Waals surface area contributed by atoms with E-state index in [1.165, 1.54) is 167 Å². The maximum absolute atomic E-state index is 13.2. The van der Waals surface area contributed by atoms with E-state index in [1.54, 1.807) is 0 Å². The fourth-order valence-electron chi connectivity index (χ4n) is 8.11. The van der Waals surface area contributed by atoms with Crippen molar-refractivity contribution in [3.8, 4) is 0 Å². The van der Waals surface area contributed by atoms with Gasteiger partial charge in [-0.25, -0.2) is 0 Å². The minimum Gasteiger partial charge on any atom is -0.461 e. The average molecular weight is 896 g/mol. The van der Waals surface area contributed by atoms with E-state index < -0.39 is 18.2 Å². The van der Waals surface area contributed by atoms with Gasteiger partial charge in [0.25, 0.3) is 0 Å². The number of ether oxygens (including phenoxy) is 1. The van der Waals surface area contributed by atoms with E-state index in [-0.39, 0.29) is 24.9 Å². The summed E-state index contributed by atoms with van der Waals surface area (Å²) in [5.41, 5.74) is 0. The van der Waals surface area contributed by atoms with Crippen molar-refractivity contribution in [3.63, 3.8) is 0 Å². The number of aliphatic hydroxyl groups is 2. The molecule has 1 amide bonds. The molecule has 0 fully saturated rings. The van der Waals surface area contributed by atoms with Gasteiger partial charge in [0.15, 0.2) is 0 Å². The molecule has 6 heteroatoms. The Hall–Kier alpha value is -2.44. The first-order valence-electron chi connectivity index (χ1n) is 27.5. The number of carbonyl (C=O) groups is 2. The standard InChI is InChI=1S/C58H105NO5/c1-4-7-10-13-16-19-22-25-27-28-30-33-36-39-42-45-48-51-58(63)64-54(49-46-43-40-37-34-32-29-26-23-20-17-14-11-8-5-2)52-57(62)59-55(53-60)56(61)50-47-44-41-38-35-31-24-21-18-15-12-9-6-3/h17,20,25-27,29,34,37,43,46,54-56,60-61H,4-16,18-19,21-24,28,30-33,35-36,38-42,44-45,47-53H2,1-3H3,(H,59,62)/b20-17-,27-25+,29-26-,37-34-,46-43-. The van der Waals surface area contributed by atoms with Crippen LogP contribution in [0, 0.1) is 0 Å². The summed E-state index contributed by atoms with van der Waals surface area (Å²) in [5, 5.41) is 23.8. The predicted molar refractivity (Wildman–Crippen MR) is 278 cm³/mol. The highest BCUT2D eigenvalue weighted by Gasteiger charge is 2.23. The van der Waals surface area contributed by atoms with Crippen LogP contribution in [0.2, 0.25) is 0 Å². The fourth-order valence-corrected chi connectivity index (χ4v) is 8.11. The molecule has 0 heterocycles. The summed E-state index contributed by atoms with van der Waals surface area (Å²) < 4.78 is 5.88. The molecule has 6 nitrogen and oxygen atoms in total. The first-order valence-corrected chi connectivity index (χ1v) is 27.5. The molecule has 3 atom stereocenters. The van der Waals surface area contributed by atoms with Crippen molar-refractivity contribution in [2.24, 2.45) is 0 Å². The molecule has 0 aromatic rings. The van der Waals surface area contributed by atoms with Gasteiger partial charge < -0.3 is 20.3 Å². The molecule has 64 heavy (non-hydrogen) atoms. The van der Waals surface area contributed by atoms with Crippen LogP contribution in [0.25, 0.3) is 0 Å². The van der Waals surface area contributed by atoms with Gasteiger partial charge >= 0.3 is 5.97 Å². The molecule has 0 aromatic carbocycles. The summed E-state index contributed by atoms with van der Waals surface area (Å²) in [6, 6.07) is -0.732. The zero-order chi connectivity index (χ0) is 46.7. The van der Waals surface area contributed by atoms with Gasteiger partial charge in [-0.1, -0.05) is 242 Å². The molecule has 0 saturated heterocycles. The van der Waals surface area contributed by atoms with Crippen molar-refractivity contribution in [2.75, 3.05) is 6.61 Å². The second-order valence-corrected chi connectivity index (χ2v) is 18.6. The zero-order valence-corrected chi connectivity index (χ0v) is 42.4. The average Bonchev–Trinajstić information content (AvgIpc) is 3.29. The third kappa shape index (κ3) is 46.1. The molecule has 0 spiro atoms. The van der Waals surface area contributed by atoms with E-state index in [0.29, 0.717) is 19.3 Å². The number of nitrogens with one attached hydrogen (secondary N) is 1. The van der Waals surface area contributed by atoms with Crippen LogP contribution in [0.4, 0.5) is 0 Å². The highest BCUT2D eigenvalue weighted by Crippen LogP contribution is 2.17. The van der Waals surface area contributed by atoms with E-state index in [2.05, 4.69) is 80.8 Å². The Bertz CT molecular complexity index is 1140. The number of hydrogen-bond acceptors (Lipinski definition) is 5. The van der Waals surface area contributed by atoms with Gasteiger partial charge in [0.2, 0.25) is 5.91 Å². The summed E-state index contributed by atoms with van der Waals surface area (Å²) in [7, 11) is 0. The van der Waals surface area contributed by atoms with Crippen LogP contribution in [-0.2, 0) is 14.3 Å². The monoisotopic (exact) mass is 896 g/mol. The number of allylic oxidation sites excluding steroid dienone is 9. The number of esters is 1. The Morgan fingerprint density at radius 1 is 0.469 bits per heavy atom. The van der Waals surface area contributed by atoms with Crippen LogP contribution < -0.4 is 5.32 Å². The molecule has 0 saturated carbocycles. The molecule has 0 rings (SSSR count). The van der Waals surface area contributed by atoms with Crippen LogP contribution in [-0.4, -0.2) is 46.9 Å². The first-order chi connectivity index (χ1) is 31.5. The van der Waals surface area contributed by atoms with Gasteiger partial charge in [0, 0.05) is 12.8 Å². The Labute approximate surface area is 397 Å². The Morgan fingerprint density at radius 2 is 0.828 bits per heavy atom. The maximum Gasteiger partial charge on any atom is 0.306 e. The number of unbranched alkanes of at least 4 members (excludes halogenated alkanes) is 28. The van der Waals surface area contributed by atoms with Gasteiger partial charge in [-0.05, 0) is 70.6 Å². The topological polar surface area (TPSA) is 95.9 Å². The quantitative estimate of drug-likeness (QED) is 0.0321. The molecule has 3 unspecified atom stereocenters. The fraction of sp³-hybridized carbons (Fsp3) is 0.793. The molecular formula is C58H105NO5. The van der Waals surface area contributed by atoms with Crippen LogP contribution in [0.15, 0.2) is 60.8 Å². The predicted octanol–water partition coefficient (Wildman–Crippen LogP) is 16.8. The maximum atomic E-state index is 13.2. The highest BCUT2D eigenvalue weighted by atomic mass is 16.5. The third-order valence-electron chi connectivity index (χ3n) is 12.3.